The van der Waals surface area contributed by atoms with Gasteiger partial charge in [0.15, 0.2) is 11.5 Å². The van der Waals surface area contributed by atoms with Gasteiger partial charge in [0.25, 0.3) is 0 Å². The summed E-state index contributed by atoms with van der Waals surface area (Å²) >= 11 is 0. The van der Waals surface area contributed by atoms with Crippen LogP contribution >= 0.6 is 0 Å². The monoisotopic (exact) mass is 434 g/mol. The number of ether oxygens (including phenoxy) is 2. The maximum atomic E-state index is 13.0. The Labute approximate surface area is 179 Å². The minimum absolute atomic E-state index is 0.361. The van der Waals surface area contributed by atoms with E-state index in [2.05, 4.69) is 5.32 Å². The highest BCUT2D eigenvalue weighted by molar-refractivity contribution is 7.92. The summed E-state index contributed by atoms with van der Waals surface area (Å²) in [7, 11) is -0.590. The Balaban J connectivity index is 2.30. The molecule has 164 valence electrons. The SMILES string of the molecule is COc1ccc([C@H](C)NC(=O)[C@H](C)N(c2cc(C)ccc2C)S(C)(=O)=O)cc1OC. The van der Waals surface area contributed by atoms with Gasteiger partial charge in [-0.15, -0.1) is 0 Å². The maximum absolute atomic E-state index is 13.0. The Kier molecular flexibility index (Phi) is 7.36. The Morgan fingerprint density at radius 1 is 1.00 bits per heavy atom. The first-order valence-electron chi connectivity index (χ1n) is 9.58. The molecule has 0 heterocycles. The summed E-state index contributed by atoms with van der Waals surface area (Å²) in [6.07, 6.45) is 1.11. The summed E-state index contributed by atoms with van der Waals surface area (Å²) in [5, 5.41) is 2.90. The molecule has 0 aliphatic heterocycles. The summed E-state index contributed by atoms with van der Waals surface area (Å²) in [6, 6.07) is 9.62. The van der Waals surface area contributed by atoms with Crippen molar-refractivity contribution in [3.05, 3.63) is 53.1 Å². The standard InChI is InChI=1S/C22H30N2O5S/c1-14-8-9-15(2)19(12-14)24(30(7,26)27)17(4)22(25)23-16(3)18-10-11-20(28-5)21(13-18)29-6/h8-13,16-17H,1-7H3,(H,23,25)/t16-,17-/m0/s1. The third-order valence-corrected chi connectivity index (χ3v) is 6.18. The van der Waals surface area contributed by atoms with E-state index >= 15 is 0 Å². The van der Waals surface area contributed by atoms with Gasteiger partial charge >= 0.3 is 0 Å². The van der Waals surface area contributed by atoms with Crippen LogP contribution in [0.3, 0.4) is 0 Å². The number of hydrogen-bond acceptors (Lipinski definition) is 5. The molecule has 0 aliphatic carbocycles. The van der Waals surface area contributed by atoms with Gasteiger partial charge in [0.2, 0.25) is 15.9 Å². The number of sulfonamides is 1. The van der Waals surface area contributed by atoms with Crippen molar-refractivity contribution in [3.8, 4) is 11.5 Å². The molecule has 2 atom stereocenters. The van der Waals surface area contributed by atoms with Crippen molar-refractivity contribution in [2.75, 3.05) is 24.8 Å². The summed E-state index contributed by atoms with van der Waals surface area (Å²) in [5.74, 6) is 0.743. The fourth-order valence-electron chi connectivity index (χ4n) is 3.28. The molecule has 2 aromatic rings. The number of methoxy groups -OCH3 is 2. The Bertz CT molecular complexity index is 1020. The Morgan fingerprint density at radius 2 is 1.63 bits per heavy atom. The smallest absolute Gasteiger partial charge is 0.244 e. The van der Waals surface area contributed by atoms with Crippen LogP contribution in [0.25, 0.3) is 0 Å². The van der Waals surface area contributed by atoms with Crippen molar-refractivity contribution in [1.82, 2.24) is 5.32 Å². The average Bonchev–Trinajstić information content (AvgIpc) is 2.68. The summed E-state index contributed by atoms with van der Waals surface area (Å²) in [6.45, 7) is 7.12. The van der Waals surface area contributed by atoms with Gasteiger partial charge < -0.3 is 14.8 Å². The van der Waals surface area contributed by atoms with Gasteiger partial charge in [-0.25, -0.2) is 8.42 Å². The molecule has 0 aliphatic rings. The highest BCUT2D eigenvalue weighted by Gasteiger charge is 2.31. The lowest BCUT2D eigenvalue weighted by atomic mass is 10.1. The zero-order chi connectivity index (χ0) is 22.6. The molecule has 1 amide bonds. The molecule has 0 bridgehead atoms. The van der Waals surface area contributed by atoms with Crippen molar-refractivity contribution < 1.29 is 22.7 Å². The predicted molar refractivity (Wildman–Crippen MR) is 119 cm³/mol. The van der Waals surface area contributed by atoms with E-state index in [1.54, 1.807) is 39.3 Å². The zero-order valence-corrected chi connectivity index (χ0v) is 19.3. The number of amides is 1. The maximum Gasteiger partial charge on any atom is 0.244 e. The molecule has 1 N–H and O–H groups in total. The van der Waals surface area contributed by atoms with Gasteiger partial charge in [-0.05, 0) is 62.6 Å². The minimum atomic E-state index is -3.69. The van der Waals surface area contributed by atoms with E-state index in [0.717, 1.165) is 22.9 Å². The molecule has 0 radical (unpaired) electrons. The number of carbonyl (C=O) groups is 1. The van der Waals surface area contributed by atoms with Crippen LogP contribution in [-0.4, -0.2) is 40.8 Å². The lowest BCUT2D eigenvalue weighted by Gasteiger charge is -2.30. The normalized spacial score (nSPS) is 13.3. The summed E-state index contributed by atoms with van der Waals surface area (Å²) < 4.78 is 36.9. The van der Waals surface area contributed by atoms with Crippen LogP contribution in [-0.2, 0) is 14.8 Å². The van der Waals surface area contributed by atoms with Gasteiger partial charge in [0.1, 0.15) is 6.04 Å². The van der Waals surface area contributed by atoms with Gasteiger partial charge in [-0.1, -0.05) is 18.2 Å². The molecule has 0 aromatic heterocycles. The molecule has 30 heavy (non-hydrogen) atoms. The number of aryl methyl sites for hydroxylation is 2. The molecular formula is C22H30N2O5S. The molecular weight excluding hydrogens is 404 g/mol. The molecule has 0 fully saturated rings. The first-order valence-corrected chi connectivity index (χ1v) is 11.4. The van der Waals surface area contributed by atoms with E-state index in [0.29, 0.717) is 17.2 Å². The summed E-state index contributed by atoms with van der Waals surface area (Å²) in [4.78, 5) is 13.0. The molecule has 7 nitrogen and oxygen atoms in total. The number of benzene rings is 2. The summed E-state index contributed by atoms with van der Waals surface area (Å²) in [5.41, 5.74) is 3.00. The van der Waals surface area contributed by atoms with Crippen molar-refractivity contribution in [2.24, 2.45) is 0 Å². The van der Waals surface area contributed by atoms with Gasteiger partial charge in [-0.3, -0.25) is 9.10 Å². The number of anilines is 1. The van der Waals surface area contributed by atoms with Crippen LogP contribution in [0.5, 0.6) is 11.5 Å². The highest BCUT2D eigenvalue weighted by Crippen LogP contribution is 2.30. The van der Waals surface area contributed by atoms with Crippen LogP contribution in [0.1, 0.15) is 36.6 Å². The fourth-order valence-corrected chi connectivity index (χ4v) is 4.50. The number of nitrogens with zero attached hydrogens (tertiary/aromatic N) is 1. The largest absolute Gasteiger partial charge is 0.493 e. The number of carbonyl (C=O) groups excluding carboxylic acids is 1. The number of hydrogen-bond donors (Lipinski definition) is 1. The number of nitrogens with one attached hydrogen (secondary N) is 1. The third-order valence-electron chi connectivity index (χ3n) is 4.96. The third kappa shape index (κ3) is 5.24. The second kappa shape index (κ2) is 9.38. The van der Waals surface area contributed by atoms with Crippen molar-refractivity contribution in [3.63, 3.8) is 0 Å². The van der Waals surface area contributed by atoms with Crippen molar-refractivity contribution >= 4 is 21.6 Å². The fraction of sp³-hybridized carbons (Fsp3) is 0.409. The van der Waals surface area contributed by atoms with E-state index < -0.39 is 22.0 Å². The second-order valence-corrected chi connectivity index (χ2v) is 9.23. The van der Waals surface area contributed by atoms with Crippen LogP contribution in [0, 0.1) is 13.8 Å². The molecule has 0 saturated heterocycles. The van der Waals surface area contributed by atoms with Crippen LogP contribution in [0.4, 0.5) is 5.69 Å². The van der Waals surface area contributed by atoms with E-state index in [1.807, 2.05) is 39.0 Å². The molecule has 0 unspecified atom stereocenters. The lowest BCUT2D eigenvalue weighted by Crippen LogP contribution is -2.48. The highest BCUT2D eigenvalue weighted by atomic mass is 32.2. The quantitative estimate of drug-likeness (QED) is 0.689. The molecule has 2 aromatic carbocycles. The lowest BCUT2D eigenvalue weighted by molar-refractivity contribution is -0.122. The Hall–Kier alpha value is -2.74. The van der Waals surface area contributed by atoms with E-state index in [9.17, 15) is 13.2 Å². The van der Waals surface area contributed by atoms with Gasteiger partial charge in [0, 0.05) is 0 Å². The van der Waals surface area contributed by atoms with Gasteiger partial charge in [-0.2, -0.15) is 0 Å². The molecule has 0 saturated carbocycles. The first kappa shape index (κ1) is 23.5. The van der Waals surface area contributed by atoms with Crippen molar-refractivity contribution in [1.29, 1.82) is 0 Å². The average molecular weight is 435 g/mol. The zero-order valence-electron chi connectivity index (χ0n) is 18.5. The minimum Gasteiger partial charge on any atom is -0.493 e. The van der Waals surface area contributed by atoms with Crippen LogP contribution in [0.2, 0.25) is 0 Å². The molecule has 8 heteroatoms. The predicted octanol–water partition coefficient (Wildman–Crippen LogP) is 3.35. The number of rotatable bonds is 8. The molecule has 0 spiro atoms. The van der Waals surface area contributed by atoms with E-state index in [-0.39, 0.29) is 6.04 Å². The topological polar surface area (TPSA) is 84.9 Å². The van der Waals surface area contributed by atoms with Crippen LogP contribution < -0.4 is 19.1 Å². The van der Waals surface area contributed by atoms with Crippen molar-refractivity contribution in [2.45, 2.75) is 39.8 Å². The van der Waals surface area contributed by atoms with Crippen LogP contribution in [0.15, 0.2) is 36.4 Å². The van der Waals surface area contributed by atoms with E-state index in [1.165, 1.54) is 4.31 Å². The second-order valence-electron chi connectivity index (χ2n) is 7.37. The van der Waals surface area contributed by atoms with Gasteiger partial charge in [0.05, 0.1) is 32.2 Å². The molecule has 2 rings (SSSR count). The Morgan fingerprint density at radius 3 is 2.20 bits per heavy atom. The van der Waals surface area contributed by atoms with E-state index in [4.69, 9.17) is 9.47 Å². The first-order chi connectivity index (χ1) is 14.0.